The van der Waals surface area contributed by atoms with Gasteiger partial charge in [-0.3, -0.25) is 4.79 Å². The van der Waals surface area contributed by atoms with E-state index in [0.29, 0.717) is 5.78 Å². The second-order valence-corrected chi connectivity index (χ2v) is 4.16. The Balaban J connectivity index is 4.03. The number of Topliss-reactive ketones (excluding diaryl/α,β-unsaturated/α-hetero) is 1. The smallest absolute Gasteiger partial charge is 0.140 e. The van der Waals surface area contributed by atoms with Gasteiger partial charge in [-0.1, -0.05) is 41.0 Å². The molecule has 0 aliphatic heterocycles. The molecule has 1 unspecified atom stereocenters. The Labute approximate surface area is 70.2 Å². The van der Waals surface area contributed by atoms with Crippen LogP contribution in [0.3, 0.4) is 0 Å². The molecule has 0 aliphatic carbocycles. The van der Waals surface area contributed by atoms with Gasteiger partial charge in [0.25, 0.3) is 0 Å². The van der Waals surface area contributed by atoms with Crippen LogP contribution in [-0.4, -0.2) is 5.78 Å². The predicted octanol–water partition coefficient (Wildman–Crippen LogP) is 2.85. The first-order chi connectivity index (χ1) is 4.89. The molecule has 0 rings (SSSR count). The summed E-state index contributed by atoms with van der Waals surface area (Å²) in [6, 6.07) is 0. The molecular formula is C10H19O. The van der Waals surface area contributed by atoms with Crippen LogP contribution in [0.25, 0.3) is 0 Å². The van der Waals surface area contributed by atoms with Crippen molar-refractivity contribution in [1.82, 2.24) is 0 Å². The normalized spacial score (nSPS) is 14.6. The molecule has 1 heteroatoms. The average molecular weight is 155 g/mol. The molecule has 65 valence electrons. The summed E-state index contributed by atoms with van der Waals surface area (Å²) >= 11 is 0. The summed E-state index contributed by atoms with van der Waals surface area (Å²) in [6.45, 7) is 11.6. The molecule has 0 N–H and O–H groups in total. The van der Waals surface area contributed by atoms with Crippen LogP contribution in [-0.2, 0) is 4.79 Å². The molecule has 11 heavy (non-hydrogen) atoms. The zero-order chi connectivity index (χ0) is 9.07. The van der Waals surface area contributed by atoms with Crippen LogP contribution in [0.2, 0.25) is 0 Å². The van der Waals surface area contributed by atoms with Crippen LogP contribution in [0, 0.1) is 18.3 Å². The zero-order valence-corrected chi connectivity index (χ0v) is 8.11. The van der Waals surface area contributed by atoms with Crippen molar-refractivity contribution >= 4 is 5.78 Å². The molecule has 0 spiro atoms. The van der Waals surface area contributed by atoms with Crippen LogP contribution in [0.4, 0.5) is 0 Å². The van der Waals surface area contributed by atoms with E-state index in [0.717, 1.165) is 12.8 Å². The number of rotatable bonds is 3. The fraction of sp³-hybridized carbons (Fsp3) is 0.800. The number of ketones is 1. The number of hydrogen-bond acceptors (Lipinski definition) is 1. The summed E-state index contributed by atoms with van der Waals surface area (Å²) < 4.78 is 0. The van der Waals surface area contributed by atoms with Crippen molar-refractivity contribution in [2.75, 3.05) is 0 Å². The molecule has 1 nitrogen and oxygen atoms in total. The Kier molecular flexibility index (Phi) is 3.77. The second kappa shape index (κ2) is 3.89. The van der Waals surface area contributed by atoms with E-state index in [1.165, 1.54) is 0 Å². The molecule has 0 aliphatic rings. The summed E-state index contributed by atoms with van der Waals surface area (Å²) in [5, 5.41) is 0. The minimum Gasteiger partial charge on any atom is -0.299 e. The van der Waals surface area contributed by atoms with Crippen LogP contribution in [0.15, 0.2) is 0 Å². The summed E-state index contributed by atoms with van der Waals surface area (Å²) in [6.07, 6.45) is 1.76. The zero-order valence-electron chi connectivity index (χ0n) is 8.11. The Bertz CT molecular complexity index is 130. The SMILES string of the molecule is [CH2]CCC(C)C(=O)C(C)(C)C. The molecule has 0 aromatic rings. The van der Waals surface area contributed by atoms with Gasteiger partial charge in [0, 0.05) is 11.3 Å². The highest BCUT2D eigenvalue weighted by atomic mass is 16.1. The minimum absolute atomic E-state index is 0.174. The van der Waals surface area contributed by atoms with Crippen molar-refractivity contribution in [2.45, 2.75) is 40.5 Å². The first-order valence-corrected chi connectivity index (χ1v) is 4.23. The number of carbonyl (C=O) groups is 1. The Morgan fingerprint density at radius 2 is 1.91 bits per heavy atom. The van der Waals surface area contributed by atoms with E-state index in [1.54, 1.807) is 0 Å². The van der Waals surface area contributed by atoms with E-state index in [4.69, 9.17) is 0 Å². The maximum absolute atomic E-state index is 11.5. The lowest BCUT2D eigenvalue weighted by atomic mass is 9.82. The van der Waals surface area contributed by atoms with Gasteiger partial charge in [0.1, 0.15) is 5.78 Å². The van der Waals surface area contributed by atoms with Gasteiger partial charge in [-0.15, -0.1) is 0 Å². The molecule has 0 fully saturated rings. The number of hydrogen-bond donors (Lipinski definition) is 0. The van der Waals surface area contributed by atoms with Crippen LogP contribution < -0.4 is 0 Å². The van der Waals surface area contributed by atoms with Crippen LogP contribution >= 0.6 is 0 Å². The molecule has 1 radical (unpaired) electrons. The maximum Gasteiger partial charge on any atom is 0.140 e. The third-order valence-corrected chi connectivity index (χ3v) is 1.82. The van der Waals surface area contributed by atoms with Crippen molar-refractivity contribution in [3.05, 3.63) is 6.92 Å². The average Bonchev–Trinajstić information content (AvgIpc) is 1.85. The lowest BCUT2D eigenvalue weighted by Gasteiger charge is -2.21. The second-order valence-electron chi connectivity index (χ2n) is 4.16. The van der Waals surface area contributed by atoms with E-state index < -0.39 is 0 Å². The van der Waals surface area contributed by atoms with Gasteiger partial charge < -0.3 is 0 Å². The lowest BCUT2D eigenvalue weighted by Crippen LogP contribution is -2.26. The van der Waals surface area contributed by atoms with Crippen molar-refractivity contribution < 1.29 is 4.79 Å². The van der Waals surface area contributed by atoms with E-state index in [9.17, 15) is 4.79 Å². The van der Waals surface area contributed by atoms with Gasteiger partial charge in [0.15, 0.2) is 0 Å². The van der Waals surface area contributed by atoms with Gasteiger partial charge in [-0.25, -0.2) is 0 Å². The highest BCUT2D eigenvalue weighted by Gasteiger charge is 2.25. The van der Waals surface area contributed by atoms with Gasteiger partial charge in [0.2, 0.25) is 0 Å². The first kappa shape index (κ1) is 10.7. The standard InChI is InChI=1S/C10H19O/c1-6-7-8(2)9(11)10(3,4)5/h8H,1,6-7H2,2-5H3. The van der Waals surface area contributed by atoms with Gasteiger partial charge >= 0.3 is 0 Å². The molecule has 0 saturated carbocycles. The molecule has 0 heterocycles. The molecule has 0 bridgehead atoms. The first-order valence-electron chi connectivity index (χ1n) is 4.23. The predicted molar refractivity (Wildman–Crippen MR) is 48.2 cm³/mol. The Hall–Kier alpha value is -0.330. The van der Waals surface area contributed by atoms with E-state index in [-0.39, 0.29) is 11.3 Å². The summed E-state index contributed by atoms with van der Waals surface area (Å²) in [5.74, 6) is 0.522. The maximum atomic E-state index is 11.5. The molecular weight excluding hydrogens is 136 g/mol. The third kappa shape index (κ3) is 3.54. The Morgan fingerprint density at radius 1 is 1.45 bits per heavy atom. The van der Waals surface area contributed by atoms with Crippen molar-refractivity contribution in [1.29, 1.82) is 0 Å². The molecule has 0 aromatic heterocycles. The fourth-order valence-corrected chi connectivity index (χ4v) is 1.18. The third-order valence-electron chi connectivity index (χ3n) is 1.82. The Morgan fingerprint density at radius 3 is 2.18 bits per heavy atom. The fourth-order valence-electron chi connectivity index (χ4n) is 1.18. The molecule has 1 atom stereocenters. The topological polar surface area (TPSA) is 17.1 Å². The van der Waals surface area contributed by atoms with Gasteiger partial charge in [-0.05, 0) is 6.42 Å². The van der Waals surface area contributed by atoms with Crippen molar-refractivity contribution in [2.24, 2.45) is 11.3 Å². The number of carbonyl (C=O) groups excluding carboxylic acids is 1. The molecule has 0 amide bonds. The highest BCUT2D eigenvalue weighted by molar-refractivity contribution is 5.85. The molecule has 0 saturated heterocycles. The summed E-state index contributed by atoms with van der Waals surface area (Å²) in [7, 11) is 0. The summed E-state index contributed by atoms with van der Waals surface area (Å²) in [4.78, 5) is 11.5. The largest absolute Gasteiger partial charge is 0.299 e. The molecule has 0 aromatic carbocycles. The van der Waals surface area contributed by atoms with Crippen LogP contribution in [0.5, 0.6) is 0 Å². The summed E-state index contributed by atoms with van der Waals surface area (Å²) in [5.41, 5.74) is -0.186. The van der Waals surface area contributed by atoms with E-state index in [1.807, 2.05) is 27.7 Å². The van der Waals surface area contributed by atoms with Crippen molar-refractivity contribution in [3.8, 4) is 0 Å². The van der Waals surface area contributed by atoms with Gasteiger partial charge in [-0.2, -0.15) is 0 Å². The quantitative estimate of drug-likeness (QED) is 0.612. The van der Waals surface area contributed by atoms with E-state index >= 15 is 0 Å². The van der Waals surface area contributed by atoms with Gasteiger partial charge in [0.05, 0.1) is 0 Å². The minimum atomic E-state index is -0.186. The lowest BCUT2D eigenvalue weighted by molar-refractivity contribution is -0.130. The van der Waals surface area contributed by atoms with Crippen molar-refractivity contribution in [3.63, 3.8) is 0 Å². The monoisotopic (exact) mass is 155 g/mol. The van der Waals surface area contributed by atoms with E-state index in [2.05, 4.69) is 6.92 Å². The van der Waals surface area contributed by atoms with Crippen LogP contribution in [0.1, 0.15) is 40.5 Å². The highest BCUT2D eigenvalue weighted by Crippen LogP contribution is 2.22.